The number of rotatable bonds is 5. The van der Waals surface area contributed by atoms with E-state index in [2.05, 4.69) is 9.82 Å². The Morgan fingerprint density at radius 2 is 2.00 bits per heavy atom. The predicted molar refractivity (Wildman–Crippen MR) is 87.9 cm³/mol. The maximum absolute atomic E-state index is 12.9. The molecule has 1 atom stereocenters. The number of nitrogens with zero attached hydrogens (tertiary/aromatic N) is 2. The maximum atomic E-state index is 12.9. The van der Waals surface area contributed by atoms with Crippen molar-refractivity contribution in [1.29, 1.82) is 0 Å². The number of nitrogens with one attached hydrogen (secondary N) is 1. The van der Waals surface area contributed by atoms with Gasteiger partial charge in [-0.3, -0.25) is 4.68 Å². The molecule has 142 valence electrons. The highest BCUT2D eigenvalue weighted by atomic mass is 32.2. The van der Waals surface area contributed by atoms with Crippen LogP contribution in [0.4, 0.5) is 13.2 Å². The molecule has 1 aromatic heterocycles. The van der Waals surface area contributed by atoms with Crippen LogP contribution in [0, 0.1) is 0 Å². The van der Waals surface area contributed by atoms with E-state index in [1.54, 1.807) is 6.07 Å². The summed E-state index contributed by atoms with van der Waals surface area (Å²) in [5.74, 6) is 0. The van der Waals surface area contributed by atoms with Crippen molar-refractivity contribution in [2.24, 2.45) is 0 Å². The first-order chi connectivity index (χ1) is 12.0. The van der Waals surface area contributed by atoms with Crippen LogP contribution < -0.4 is 4.72 Å². The van der Waals surface area contributed by atoms with Gasteiger partial charge >= 0.3 is 6.18 Å². The number of aliphatic hydroxyl groups is 1. The SMILES string of the molecule is CS(=O)(=O)N[C@@H]1Cc2ccc(Cn3cc(CO)c(C(F)(F)F)n3)cc2C1. The van der Waals surface area contributed by atoms with Gasteiger partial charge in [-0.2, -0.15) is 18.3 Å². The zero-order chi connectivity index (χ0) is 19.1. The summed E-state index contributed by atoms with van der Waals surface area (Å²) in [5, 5.41) is 12.6. The number of sulfonamides is 1. The Morgan fingerprint density at radius 3 is 2.58 bits per heavy atom. The van der Waals surface area contributed by atoms with E-state index in [0.29, 0.717) is 12.8 Å². The van der Waals surface area contributed by atoms with Crippen LogP contribution in [0.1, 0.15) is 27.9 Å². The lowest BCUT2D eigenvalue weighted by molar-refractivity contribution is -0.142. The van der Waals surface area contributed by atoms with Crippen molar-refractivity contribution in [3.63, 3.8) is 0 Å². The number of hydrogen-bond donors (Lipinski definition) is 2. The number of aromatic nitrogens is 2. The first kappa shape index (κ1) is 18.9. The second-order valence-electron chi connectivity index (χ2n) is 6.45. The summed E-state index contributed by atoms with van der Waals surface area (Å²) in [5.41, 5.74) is 1.38. The third-order valence-corrected chi connectivity index (χ3v) is 4.97. The van der Waals surface area contributed by atoms with Crippen LogP contribution in [0.2, 0.25) is 0 Å². The van der Waals surface area contributed by atoms with Gasteiger partial charge in [0.1, 0.15) is 0 Å². The summed E-state index contributed by atoms with van der Waals surface area (Å²) in [6, 6.07) is 5.29. The van der Waals surface area contributed by atoms with E-state index < -0.39 is 28.5 Å². The first-order valence-corrected chi connectivity index (χ1v) is 9.76. The van der Waals surface area contributed by atoms with Crippen molar-refractivity contribution in [2.45, 2.75) is 38.2 Å². The highest BCUT2D eigenvalue weighted by Crippen LogP contribution is 2.31. The fraction of sp³-hybridized carbons (Fsp3) is 0.438. The lowest BCUT2D eigenvalue weighted by Crippen LogP contribution is -2.34. The van der Waals surface area contributed by atoms with E-state index in [1.165, 1.54) is 6.20 Å². The average molecular weight is 389 g/mol. The highest BCUT2D eigenvalue weighted by Gasteiger charge is 2.37. The molecule has 0 fully saturated rings. The molecule has 0 saturated heterocycles. The molecule has 2 N–H and O–H groups in total. The Kier molecular flexibility index (Phi) is 4.84. The van der Waals surface area contributed by atoms with E-state index in [9.17, 15) is 21.6 Å². The van der Waals surface area contributed by atoms with Gasteiger partial charge in [0.15, 0.2) is 5.69 Å². The fourth-order valence-electron chi connectivity index (χ4n) is 3.24. The van der Waals surface area contributed by atoms with Crippen molar-refractivity contribution in [1.82, 2.24) is 14.5 Å². The van der Waals surface area contributed by atoms with Gasteiger partial charge < -0.3 is 5.11 Å². The second-order valence-corrected chi connectivity index (χ2v) is 8.23. The second kappa shape index (κ2) is 6.67. The van der Waals surface area contributed by atoms with Crippen LogP contribution in [0.3, 0.4) is 0 Å². The largest absolute Gasteiger partial charge is 0.435 e. The quantitative estimate of drug-likeness (QED) is 0.811. The molecule has 1 aliphatic carbocycles. The Bertz CT molecular complexity index is 923. The highest BCUT2D eigenvalue weighted by molar-refractivity contribution is 7.88. The van der Waals surface area contributed by atoms with E-state index in [1.807, 2.05) is 12.1 Å². The smallest absolute Gasteiger partial charge is 0.392 e. The minimum absolute atomic E-state index is 0.126. The average Bonchev–Trinajstić information content (AvgIpc) is 3.07. The molecule has 0 aliphatic heterocycles. The molecule has 0 amide bonds. The molecule has 0 spiro atoms. The molecule has 1 heterocycles. The van der Waals surface area contributed by atoms with Gasteiger partial charge in [-0.05, 0) is 29.5 Å². The van der Waals surface area contributed by atoms with Gasteiger partial charge in [-0.15, -0.1) is 0 Å². The van der Waals surface area contributed by atoms with Gasteiger partial charge in [0.2, 0.25) is 10.0 Å². The van der Waals surface area contributed by atoms with Crippen LogP contribution in [-0.4, -0.2) is 35.6 Å². The molecule has 6 nitrogen and oxygen atoms in total. The standard InChI is InChI=1S/C16H18F3N3O3S/c1-26(24,25)21-14-5-11-3-2-10(4-12(11)6-14)7-22-8-13(9-23)15(20-22)16(17,18)19/h2-4,8,14,21,23H,5-7,9H2,1H3/t14-/m1/s1. The monoisotopic (exact) mass is 389 g/mol. The van der Waals surface area contributed by atoms with Crippen molar-refractivity contribution >= 4 is 10.0 Å². The van der Waals surface area contributed by atoms with Gasteiger partial charge in [-0.25, -0.2) is 13.1 Å². The topological polar surface area (TPSA) is 84.2 Å². The summed E-state index contributed by atoms with van der Waals surface area (Å²) in [6.45, 7) is -0.613. The van der Waals surface area contributed by atoms with Crippen LogP contribution in [0.5, 0.6) is 0 Å². The van der Waals surface area contributed by atoms with Crippen LogP contribution in [0.15, 0.2) is 24.4 Å². The number of benzene rings is 1. The molecule has 0 unspecified atom stereocenters. The molecule has 3 rings (SSSR count). The molecule has 1 aromatic carbocycles. The Labute approximate surface area is 148 Å². The molecule has 26 heavy (non-hydrogen) atoms. The van der Waals surface area contributed by atoms with Crippen molar-refractivity contribution in [2.75, 3.05) is 6.26 Å². The molecule has 10 heteroatoms. The van der Waals surface area contributed by atoms with Crippen LogP contribution in [-0.2, 0) is 42.2 Å². The molecule has 2 aromatic rings. The molecular weight excluding hydrogens is 371 g/mol. The number of halogens is 3. The minimum atomic E-state index is -4.62. The maximum Gasteiger partial charge on any atom is 0.435 e. The van der Waals surface area contributed by atoms with Gasteiger partial charge in [0.25, 0.3) is 0 Å². The zero-order valence-electron chi connectivity index (χ0n) is 13.9. The first-order valence-electron chi connectivity index (χ1n) is 7.87. The number of hydrogen-bond acceptors (Lipinski definition) is 4. The van der Waals surface area contributed by atoms with Crippen molar-refractivity contribution in [3.8, 4) is 0 Å². The third-order valence-electron chi connectivity index (χ3n) is 4.20. The molecule has 0 radical (unpaired) electrons. The molecule has 0 saturated carbocycles. The Morgan fingerprint density at radius 1 is 1.31 bits per heavy atom. The normalized spacial score (nSPS) is 17.5. The summed E-state index contributed by atoms with van der Waals surface area (Å²) < 4.78 is 65.1. The van der Waals surface area contributed by atoms with Crippen LogP contribution >= 0.6 is 0 Å². The zero-order valence-corrected chi connectivity index (χ0v) is 14.7. The van der Waals surface area contributed by atoms with E-state index in [0.717, 1.165) is 27.6 Å². The van der Waals surface area contributed by atoms with Crippen molar-refractivity contribution < 1.29 is 26.7 Å². The predicted octanol–water partition coefficient (Wildman–Crippen LogP) is 1.46. The van der Waals surface area contributed by atoms with Crippen molar-refractivity contribution in [3.05, 3.63) is 52.3 Å². The van der Waals surface area contributed by atoms with E-state index in [4.69, 9.17) is 5.11 Å². The summed E-state index contributed by atoms with van der Waals surface area (Å²) in [6.07, 6.45) is -1.21. The summed E-state index contributed by atoms with van der Waals surface area (Å²) in [4.78, 5) is 0. The van der Waals surface area contributed by atoms with Crippen LogP contribution in [0.25, 0.3) is 0 Å². The summed E-state index contributed by atoms with van der Waals surface area (Å²) >= 11 is 0. The molecular formula is C16H18F3N3O3S. The number of aliphatic hydroxyl groups excluding tert-OH is 1. The fourth-order valence-corrected chi connectivity index (χ4v) is 4.01. The Hall–Kier alpha value is -1.91. The lowest BCUT2D eigenvalue weighted by Gasteiger charge is -2.08. The number of alkyl halides is 3. The lowest BCUT2D eigenvalue weighted by atomic mass is 10.1. The minimum Gasteiger partial charge on any atom is -0.392 e. The van der Waals surface area contributed by atoms with E-state index >= 15 is 0 Å². The molecule has 0 bridgehead atoms. The van der Waals surface area contributed by atoms with Gasteiger partial charge in [-0.1, -0.05) is 18.2 Å². The van der Waals surface area contributed by atoms with Gasteiger partial charge in [0.05, 0.1) is 19.4 Å². The molecule has 1 aliphatic rings. The van der Waals surface area contributed by atoms with E-state index in [-0.39, 0.29) is 18.2 Å². The number of fused-ring (bicyclic) bond motifs is 1. The Balaban J connectivity index is 1.78. The van der Waals surface area contributed by atoms with Gasteiger partial charge in [0, 0.05) is 17.8 Å². The third kappa shape index (κ3) is 4.25. The summed E-state index contributed by atoms with van der Waals surface area (Å²) in [7, 11) is -3.30.